The van der Waals surface area contributed by atoms with Gasteiger partial charge in [-0.3, -0.25) is 30.7 Å². The van der Waals surface area contributed by atoms with Gasteiger partial charge in [0.2, 0.25) is 11.6 Å². The number of rotatable bonds is 5. The van der Waals surface area contributed by atoms with E-state index in [2.05, 4.69) is 25.8 Å². The van der Waals surface area contributed by atoms with E-state index in [9.17, 15) is 14.9 Å². The zero-order valence-electron chi connectivity index (χ0n) is 13.4. The fourth-order valence-corrected chi connectivity index (χ4v) is 2.65. The first-order valence-electron chi connectivity index (χ1n) is 7.87. The van der Waals surface area contributed by atoms with Crippen LogP contribution in [0.25, 0.3) is 0 Å². The van der Waals surface area contributed by atoms with E-state index in [0.717, 1.165) is 19.3 Å². The van der Waals surface area contributed by atoms with Gasteiger partial charge in [-0.15, -0.1) is 0 Å². The van der Waals surface area contributed by atoms with Gasteiger partial charge in [-0.2, -0.15) is 0 Å². The summed E-state index contributed by atoms with van der Waals surface area (Å²) in [5, 5.41) is 11.5. The third kappa shape index (κ3) is 3.79. The lowest BCUT2D eigenvalue weighted by molar-refractivity contribution is -0.383. The van der Waals surface area contributed by atoms with Crippen LogP contribution >= 0.6 is 0 Å². The molecule has 10 nitrogen and oxygen atoms in total. The second-order valence-corrected chi connectivity index (χ2v) is 5.52. The van der Waals surface area contributed by atoms with E-state index in [1.54, 1.807) is 18.3 Å². The molecule has 1 saturated heterocycles. The van der Waals surface area contributed by atoms with E-state index in [0.29, 0.717) is 18.7 Å². The minimum absolute atomic E-state index is 0.0576. The molecule has 0 spiro atoms. The average Bonchev–Trinajstić information content (AvgIpc) is 2.67. The predicted molar refractivity (Wildman–Crippen MR) is 90.1 cm³/mol. The number of anilines is 2. The van der Waals surface area contributed by atoms with Crippen LogP contribution in [0.4, 0.5) is 17.3 Å². The van der Waals surface area contributed by atoms with Crippen molar-refractivity contribution in [1.29, 1.82) is 0 Å². The topological polar surface area (TPSA) is 126 Å². The summed E-state index contributed by atoms with van der Waals surface area (Å²) >= 11 is 0. The number of hydrogen-bond donors (Lipinski definition) is 2. The Morgan fingerprint density at radius 3 is 2.72 bits per heavy atom. The maximum Gasteiger partial charge on any atom is 0.355 e. The van der Waals surface area contributed by atoms with Gasteiger partial charge in [0.25, 0.3) is 5.91 Å². The molecule has 3 rings (SSSR count). The molecule has 25 heavy (non-hydrogen) atoms. The van der Waals surface area contributed by atoms with Gasteiger partial charge in [-0.25, -0.2) is 9.97 Å². The lowest BCUT2D eigenvalue weighted by Gasteiger charge is -2.27. The highest BCUT2D eigenvalue weighted by atomic mass is 16.6. The van der Waals surface area contributed by atoms with Crippen molar-refractivity contribution in [2.75, 3.05) is 23.4 Å². The number of aromatic nitrogens is 3. The van der Waals surface area contributed by atoms with Gasteiger partial charge >= 0.3 is 5.69 Å². The fourth-order valence-electron chi connectivity index (χ4n) is 2.65. The number of carbonyl (C=O) groups is 1. The van der Waals surface area contributed by atoms with Gasteiger partial charge in [0.1, 0.15) is 6.33 Å². The molecule has 1 amide bonds. The molecule has 1 aliphatic rings. The number of carbonyl (C=O) groups excluding carboxylic acids is 1. The molecule has 0 radical (unpaired) electrons. The molecule has 130 valence electrons. The minimum Gasteiger partial charge on any atom is -0.351 e. The largest absolute Gasteiger partial charge is 0.355 e. The van der Waals surface area contributed by atoms with Crippen LogP contribution in [0.1, 0.15) is 29.6 Å². The molecule has 2 aromatic rings. The van der Waals surface area contributed by atoms with Gasteiger partial charge in [0, 0.05) is 25.5 Å². The fraction of sp³-hybridized carbons (Fsp3) is 0.333. The second kappa shape index (κ2) is 7.51. The summed E-state index contributed by atoms with van der Waals surface area (Å²) in [6.45, 7) is 1.42. The van der Waals surface area contributed by atoms with Crippen LogP contribution < -0.4 is 15.8 Å². The van der Waals surface area contributed by atoms with E-state index in [-0.39, 0.29) is 17.3 Å². The Kier molecular flexibility index (Phi) is 4.97. The number of pyridine rings is 1. The molecular weight excluding hydrogens is 326 g/mol. The molecule has 2 N–H and O–H groups in total. The van der Waals surface area contributed by atoms with Crippen molar-refractivity contribution in [2.45, 2.75) is 19.3 Å². The highest BCUT2D eigenvalue weighted by Crippen LogP contribution is 2.32. The smallest absolute Gasteiger partial charge is 0.351 e. The average molecular weight is 343 g/mol. The Balaban J connectivity index is 1.81. The van der Waals surface area contributed by atoms with Crippen LogP contribution in [0.15, 0.2) is 30.9 Å². The molecule has 1 aliphatic heterocycles. The van der Waals surface area contributed by atoms with Crippen molar-refractivity contribution in [3.63, 3.8) is 0 Å². The number of hydrazine groups is 1. The number of hydrogen-bond acceptors (Lipinski definition) is 8. The first kappa shape index (κ1) is 16.6. The normalized spacial score (nSPS) is 14.0. The molecule has 0 unspecified atom stereocenters. The summed E-state index contributed by atoms with van der Waals surface area (Å²) in [5.74, 6) is -0.267. The van der Waals surface area contributed by atoms with E-state index < -0.39 is 10.8 Å². The Hall–Kier alpha value is -3.30. The van der Waals surface area contributed by atoms with Gasteiger partial charge in [0.15, 0.2) is 0 Å². The monoisotopic (exact) mass is 343 g/mol. The Bertz CT molecular complexity index is 763. The van der Waals surface area contributed by atoms with Crippen molar-refractivity contribution < 1.29 is 9.72 Å². The van der Waals surface area contributed by atoms with Crippen molar-refractivity contribution in [3.05, 3.63) is 46.5 Å². The number of nitrogens with zero attached hydrogens (tertiary/aromatic N) is 5. The summed E-state index contributed by atoms with van der Waals surface area (Å²) in [4.78, 5) is 36.8. The van der Waals surface area contributed by atoms with Crippen molar-refractivity contribution in [1.82, 2.24) is 20.4 Å². The third-order valence-corrected chi connectivity index (χ3v) is 3.86. The maximum atomic E-state index is 12.0. The highest BCUT2D eigenvalue weighted by Gasteiger charge is 2.28. The van der Waals surface area contributed by atoms with Crippen molar-refractivity contribution in [3.8, 4) is 0 Å². The quantitative estimate of drug-likeness (QED) is 0.618. The van der Waals surface area contributed by atoms with Crippen molar-refractivity contribution in [2.24, 2.45) is 0 Å². The first-order valence-corrected chi connectivity index (χ1v) is 7.87. The van der Waals surface area contributed by atoms with Gasteiger partial charge in [-0.05, 0) is 31.4 Å². The van der Waals surface area contributed by atoms with Crippen LogP contribution in [0, 0.1) is 10.1 Å². The van der Waals surface area contributed by atoms with Gasteiger partial charge in [0.05, 0.1) is 10.5 Å². The molecule has 0 atom stereocenters. The molecular formula is C15H17N7O3. The van der Waals surface area contributed by atoms with Gasteiger partial charge < -0.3 is 4.90 Å². The Morgan fingerprint density at radius 2 is 2.04 bits per heavy atom. The molecule has 0 aromatic carbocycles. The molecule has 10 heteroatoms. The predicted octanol–water partition coefficient (Wildman–Crippen LogP) is 1.53. The van der Waals surface area contributed by atoms with Gasteiger partial charge in [-0.1, -0.05) is 0 Å². The van der Waals surface area contributed by atoms with E-state index in [1.165, 1.54) is 12.5 Å². The molecule has 0 saturated carbocycles. The third-order valence-electron chi connectivity index (χ3n) is 3.86. The molecule has 0 aliphatic carbocycles. The summed E-state index contributed by atoms with van der Waals surface area (Å²) in [5.41, 5.74) is 4.99. The van der Waals surface area contributed by atoms with E-state index >= 15 is 0 Å². The Labute approximate surface area is 143 Å². The molecule has 0 bridgehead atoms. The summed E-state index contributed by atoms with van der Waals surface area (Å²) in [7, 11) is 0. The zero-order valence-corrected chi connectivity index (χ0v) is 13.4. The van der Waals surface area contributed by atoms with Crippen LogP contribution in [0.3, 0.4) is 0 Å². The molecule has 2 aromatic heterocycles. The number of piperidine rings is 1. The Morgan fingerprint density at radius 1 is 1.24 bits per heavy atom. The maximum absolute atomic E-state index is 12.0. The lowest BCUT2D eigenvalue weighted by Crippen LogP contribution is -2.33. The van der Waals surface area contributed by atoms with E-state index in [4.69, 9.17) is 0 Å². The van der Waals surface area contributed by atoms with E-state index in [1.807, 2.05) is 4.90 Å². The van der Waals surface area contributed by atoms with Crippen LogP contribution in [0.5, 0.6) is 0 Å². The standard InChI is InChI=1S/C15H17N7O3/c23-15(11-5-4-6-16-9-11)20-19-13-12(22(24)25)14(18-10-17-13)21-7-2-1-3-8-21/h4-6,9-10H,1-3,7-8H2,(H,20,23)(H,17,18,19). The number of nitro groups is 1. The first-order chi connectivity index (χ1) is 12.2. The summed E-state index contributed by atoms with van der Waals surface area (Å²) < 4.78 is 0. The zero-order chi connectivity index (χ0) is 17.6. The number of nitrogens with one attached hydrogen (secondary N) is 2. The molecule has 1 fully saturated rings. The SMILES string of the molecule is O=C(NNc1ncnc(N2CCCCC2)c1[N+](=O)[O-])c1cccnc1. The second-order valence-electron chi connectivity index (χ2n) is 5.52. The van der Waals surface area contributed by atoms with Crippen molar-refractivity contribution >= 4 is 23.2 Å². The molecule has 3 heterocycles. The highest BCUT2D eigenvalue weighted by molar-refractivity contribution is 5.94. The summed E-state index contributed by atoms with van der Waals surface area (Å²) in [6.07, 6.45) is 7.20. The van der Waals surface area contributed by atoms with Crippen LogP contribution in [-0.2, 0) is 0 Å². The summed E-state index contributed by atoms with van der Waals surface area (Å²) in [6, 6.07) is 3.20. The minimum atomic E-state index is -0.539. The lowest BCUT2D eigenvalue weighted by atomic mass is 10.1. The van der Waals surface area contributed by atoms with Crippen LogP contribution in [0.2, 0.25) is 0 Å². The van der Waals surface area contributed by atoms with Crippen LogP contribution in [-0.4, -0.2) is 38.9 Å². The number of amides is 1.